The van der Waals surface area contributed by atoms with Gasteiger partial charge in [0.05, 0.1) is 12.0 Å². The molecule has 1 unspecified atom stereocenters. The lowest BCUT2D eigenvalue weighted by atomic mass is 9.94. The van der Waals surface area contributed by atoms with Crippen LogP contribution in [0.2, 0.25) is 0 Å². The SMILES string of the molecule is CC1CC(C)(C)[N+](C)=C(CC(C)(C)O)O1. The molecule has 1 atom stereocenters. The lowest BCUT2D eigenvalue weighted by molar-refractivity contribution is -0.595. The van der Waals surface area contributed by atoms with Crippen LogP contribution in [0.3, 0.4) is 0 Å². The molecular formula is C12H24NO2+. The van der Waals surface area contributed by atoms with E-state index in [-0.39, 0.29) is 11.6 Å². The summed E-state index contributed by atoms with van der Waals surface area (Å²) in [7, 11) is 2.03. The zero-order valence-electron chi connectivity index (χ0n) is 10.8. The summed E-state index contributed by atoms with van der Waals surface area (Å²) in [6.45, 7) is 10.1. The summed E-state index contributed by atoms with van der Waals surface area (Å²) < 4.78 is 7.94. The highest BCUT2D eigenvalue weighted by molar-refractivity contribution is 5.72. The molecule has 1 N–H and O–H groups in total. The first-order valence-corrected chi connectivity index (χ1v) is 5.60. The largest absolute Gasteiger partial charge is 0.445 e. The molecule has 1 aliphatic heterocycles. The molecule has 0 spiro atoms. The van der Waals surface area contributed by atoms with Gasteiger partial charge >= 0.3 is 5.90 Å². The Morgan fingerprint density at radius 1 is 1.53 bits per heavy atom. The topological polar surface area (TPSA) is 32.5 Å². The van der Waals surface area contributed by atoms with Crippen LogP contribution >= 0.6 is 0 Å². The van der Waals surface area contributed by atoms with Gasteiger partial charge in [0.25, 0.3) is 0 Å². The van der Waals surface area contributed by atoms with Gasteiger partial charge in [-0.2, -0.15) is 0 Å². The maximum atomic E-state index is 9.82. The van der Waals surface area contributed by atoms with E-state index in [2.05, 4.69) is 25.3 Å². The van der Waals surface area contributed by atoms with Gasteiger partial charge in [0.1, 0.15) is 13.2 Å². The second kappa shape index (κ2) is 3.78. The minimum Gasteiger partial charge on any atom is -0.445 e. The third-order valence-electron chi connectivity index (χ3n) is 2.99. The van der Waals surface area contributed by atoms with Crippen molar-refractivity contribution in [2.45, 2.75) is 64.7 Å². The summed E-state index contributed by atoms with van der Waals surface area (Å²) in [6.07, 6.45) is 1.81. The minimum atomic E-state index is -0.712. The third kappa shape index (κ3) is 3.20. The van der Waals surface area contributed by atoms with Crippen molar-refractivity contribution >= 4 is 5.90 Å². The van der Waals surface area contributed by atoms with Gasteiger partial charge in [-0.25, -0.2) is 4.58 Å². The molecule has 88 valence electrons. The highest BCUT2D eigenvalue weighted by Crippen LogP contribution is 2.25. The predicted octanol–water partition coefficient (Wildman–Crippen LogP) is 1.78. The number of nitrogens with zero attached hydrogens (tertiary/aromatic N) is 1. The summed E-state index contributed by atoms with van der Waals surface area (Å²) in [5.74, 6) is 0.895. The monoisotopic (exact) mass is 214 g/mol. The van der Waals surface area contributed by atoms with Crippen LogP contribution in [0, 0.1) is 0 Å². The van der Waals surface area contributed by atoms with E-state index in [1.54, 1.807) is 0 Å². The molecule has 3 nitrogen and oxygen atoms in total. The van der Waals surface area contributed by atoms with E-state index in [4.69, 9.17) is 4.74 Å². The van der Waals surface area contributed by atoms with Crippen molar-refractivity contribution in [1.29, 1.82) is 0 Å². The zero-order valence-corrected chi connectivity index (χ0v) is 10.8. The van der Waals surface area contributed by atoms with E-state index in [0.717, 1.165) is 12.3 Å². The molecule has 0 amide bonds. The van der Waals surface area contributed by atoms with Gasteiger partial charge in [0.2, 0.25) is 0 Å². The molecule has 15 heavy (non-hydrogen) atoms. The fourth-order valence-corrected chi connectivity index (χ4v) is 2.06. The molecule has 0 fully saturated rings. The van der Waals surface area contributed by atoms with E-state index < -0.39 is 5.60 Å². The Kier molecular flexibility index (Phi) is 3.15. The summed E-state index contributed by atoms with van der Waals surface area (Å²) in [4.78, 5) is 0. The van der Waals surface area contributed by atoms with Gasteiger partial charge in [0, 0.05) is 20.3 Å². The second-order valence-corrected chi connectivity index (χ2v) is 5.89. The predicted molar refractivity (Wildman–Crippen MR) is 61.3 cm³/mol. The fraction of sp³-hybridized carbons (Fsp3) is 0.917. The van der Waals surface area contributed by atoms with Gasteiger partial charge in [0.15, 0.2) is 5.54 Å². The van der Waals surface area contributed by atoms with Crippen molar-refractivity contribution in [3.63, 3.8) is 0 Å². The molecule has 0 bridgehead atoms. The normalized spacial score (nSPS) is 26.5. The maximum Gasteiger partial charge on any atom is 0.339 e. The van der Waals surface area contributed by atoms with Crippen molar-refractivity contribution in [3.05, 3.63) is 0 Å². The van der Waals surface area contributed by atoms with Crippen LogP contribution in [-0.2, 0) is 4.74 Å². The highest BCUT2D eigenvalue weighted by Gasteiger charge is 2.40. The third-order valence-corrected chi connectivity index (χ3v) is 2.99. The van der Waals surface area contributed by atoms with Gasteiger partial charge < -0.3 is 9.84 Å². The molecule has 1 aliphatic rings. The summed E-state index contributed by atoms with van der Waals surface area (Å²) in [5, 5.41) is 9.82. The van der Waals surface area contributed by atoms with Gasteiger partial charge in [-0.1, -0.05) is 0 Å². The second-order valence-electron chi connectivity index (χ2n) is 5.89. The molecule has 0 aromatic rings. The van der Waals surface area contributed by atoms with Crippen LogP contribution < -0.4 is 0 Å². The van der Waals surface area contributed by atoms with Gasteiger partial charge in [-0.05, 0) is 20.8 Å². The maximum absolute atomic E-state index is 9.82. The number of rotatable bonds is 2. The van der Waals surface area contributed by atoms with Crippen molar-refractivity contribution in [2.75, 3.05) is 7.05 Å². The van der Waals surface area contributed by atoms with Crippen LogP contribution in [0.25, 0.3) is 0 Å². The first-order chi connectivity index (χ1) is 6.62. The average Bonchev–Trinajstić information content (AvgIpc) is 1.95. The molecule has 0 saturated carbocycles. The van der Waals surface area contributed by atoms with Crippen LogP contribution in [0.5, 0.6) is 0 Å². The molecule has 1 heterocycles. The van der Waals surface area contributed by atoms with E-state index in [0.29, 0.717) is 6.42 Å². The molecule has 1 rings (SSSR count). The van der Waals surface area contributed by atoms with Gasteiger partial charge in [-0.3, -0.25) is 0 Å². The average molecular weight is 214 g/mol. The molecular weight excluding hydrogens is 190 g/mol. The number of hydrogen-bond donors (Lipinski definition) is 1. The highest BCUT2D eigenvalue weighted by atomic mass is 16.5. The molecule has 3 heteroatoms. The zero-order chi connectivity index (χ0) is 11.9. The van der Waals surface area contributed by atoms with E-state index in [1.807, 2.05) is 20.9 Å². The minimum absolute atomic E-state index is 0.109. The Labute approximate surface area is 92.8 Å². The number of hydrogen-bond acceptors (Lipinski definition) is 2. The smallest absolute Gasteiger partial charge is 0.339 e. The summed E-state index contributed by atoms with van der Waals surface area (Å²) in [5.41, 5.74) is -0.602. The first-order valence-electron chi connectivity index (χ1n) is 5.60. The van der Waals surface area contributed by atoms with Crippen LogP contribution in [0.4, 0.5) is 0 Å². The Morgan fingerprint density at radius 3 is 2.53 bits per heavy atom. The van der Waals surface area contributed by atoms with Crippen LogP contribution in [0.15, 0.2) is 0 Å². The van der Waals surface area contributed by atoms with Crippen LogP contribution in [0.1, 0.15) is 47.5 Å². The number of aliphatic hydroxyl groups is 1. The number of ether oxygens (including phenoxy) is 1. The van der Waals surface area contributed by atoms with Crippen molar-refractivity contribution in [3.8, 4) is 0 Å². The van der Waals surface area contributed by atoms with Gasteiger partial charge in [-0.15, -0.1) is 0 Å². The summed E-state index contributed by atoms with van der Waals surface area (Å²) in [6, 6.07) is 0. The molecule has 0 aromatic carbocycles. The first kappa shape index (κ1) is 12.5. The van der Waals surface area contributed by atoms with E-state index >= 15 is 0 Å². The Hall–Kier alpha value is -0.570. The van der Waals surface area contributed by atoms with E-state index in [9.17, 15) is 5.11 Å². The van der Waals surface area contributed by atoms with E-state index in [1.165, 1.54) is 0 Å². The molecule has 0 saturated heterocycles. The Morgan fingerprint density at radius 2 is 2.07 bits per heavy atom. The van der Waals surface area contributed by atoms with Crippen molar-refractivity contribution in [2.24, 2.45) is 0 Å². The summed E-state index contributed by atoms with van der Waals surface area (Å²) >= 11 is 0. The fourth-order valence-electron chi connectivity index (χ4n) is 2.06. The van der Waals surface area contributed by atoms with Crippen molar-refractivity contribution in [1.82, 2.24) is 0 Å². The standard InChI is InChI=1S/C12H24NO2/c1-9-7-11(2,3)13(6)10(15-9)8-12(4,5)14/h9,14H,7-8H2,1-6H3/q+1. The quantitative estimate of drug-likeness (QED) is 0.711. The van der Waals surface area contributed by atoms with Crippen LogP contribution in [-0.4, -0.2) is 39.9 Å². The lowest BCUT2D eigenvalue weighted by Crippen LogP contribution is -2.48. The lowest BCUT2D eigenvalue weighted by Gasteiger charge is -2.32. The Bertz CT molecular complexity index is 274. The Balaban J connectivity index is 2.94. The molecule has 0 aliphatic carbocycles. The van der Waals surface area contributed by atoms with Crippen molar-refractivity contribution < 1.29 is 14.4 Å². The molecule has 0 radical (unpaired) electrons. The molecule has 0 aromatic heterocycles.